The molecule has 0 bridgehead atoms. The lowest BCUT2D eigenvalue weighted by molar-refractivity contribution is -0.137. The Balaban J connectivity index is 2.48. The quantitative estimate of drug-likeness (QED) is 0.493. The first-order valence-corrected chi connectivity index (χ1v) is 5.45. The predicted octanol–water partition coefficient (Wildman–Crippen LogP) is 1.20. The van der Waals surface area contributed by atoms with Crippen LogP contribution < -0.4 is 11.3 Å². The van der Waals surface area contributed by atoms with Crippen molar-refractivity contribution >= 4 is 5.91 Å². The maximum Gasteiger partial charge on any atom is 0.416 e. The Hall–Kier alpha value is -2.42. The number of carbonyl (C=O) groups is 1. The van der Waals surface area contributed by atoms with Crippen molar-refractivity contribution in [1.29, 1.82) is 0 Å². The highest BCUT2D eigenvalue weighted by molar-refractivity contribution is 5.92. The number of nitrogen functional groups attached to an aromatic ring is 1. The van der Waals surface area contributed by atoms with Gasteiger partial charge in [0.2, 0.25) is 0 Å². The van der Waals surface area contributed by atoms with Crippen LogP contribution in [-0.2, 0) is 6.18 Å². The Kier molecular flexibility index (Phi) is 3.45. The van der Waals surface area contributed by atoms with Gasteiger partial charge in [-0.1, -0.05) is 11.3 Å². The maximum atomic E-state index is 12.6. The summed E-state index contributed by atoms with van der Waals surface area (Å²) in [5, 5.41) is 7.26. The van der Waals surface area contributed by atoms with Crippen LogP contribution in [0.4, 0.5) is 13.2 Å². The highest BCUT2D eigenvalue weighted by Crippen LogP contribution is 2.30. The summed E-state index contributed by atoms with van der Waals surface area (Å²) in [5.74, 6) is 4.31. The fraction of sp³-hybridized carbons (Fsp3) is 0.182. The third-order valence-corrected chi connectivity index (χ3v) is 2.66. The molecule has 0 unspecified atom stereocenters. The number of rotatable bonds is 2. The number of nitrogens with zero attached hydrogens (tertiary/aromatic N) is 3. The molecule has 0 fully saturated rings. The third kappa shape index (κ3) is 2.48. The molecule has 0 saturated heterocycles. The molecule has 20 heavy (non-hydrogen) atoms. The number of alkyl halides is 3. The maximum absolute atomic E-state index is 12.6. The smallest absolute Gasteiger partial charge is 0.289 e. The van der Waals surface area contributed by atoms with Crippen molar-refractivity contribution in [2.24, 2.45) is 5.84 Å². The standard InChI is InChI=1S/C11H10F3N5O/c1-6-9(10(20)16-15)17-18-19(6)8-4-2-3-7(5-8)11(12,13)14/h2-5H,15H2,1H3,(H,16,20). The lowest BCUT2D eigenvalue weighted by Crippen LogP contribution is -2.30. The molecule has 0 atom stereocenters. The molecule has 0 saturated carbocycles. The molecule has 3 N–H and O–H groups in total. The number of halogens is 3. The summed E-state index contributed by atoms with van der Waals surface area (Å²) in [5.41, 5.74) is 1.46. The molecule has 2 rings (SSSR count). The SMILES string of the molecule is Cc1c(C(=O)NN)nnn1-c1cccc(C(F)(F)F)c1. The zero-order chi connectivity index (χ0) is 14.9. The second-order valence-corrected chi connectivity index (χ2v) is 3.96. The van der Waals surface area contributed by atoms with Gasteiger partial charge in [0.25, 0.3) is 5.91 Å². The van der Waals surface area contributed by atoms with E-state index in [2.05, 4.69) is 10.3 Å². The van der Waals surface area contributed by atoms with Crippen LogP contribution in [0.5, 0.6) is 0 Å². The highest BCUT2D eigenvalue weighted by Gasteiger charge is 2.30. The van der Waals surface area contributed by atoms with Gasteiger partial charge in [-0.05, 0) is 25.1 Å². The van der Waals surface area contributed by atoms with Crippen LogP contribution in [0.2, 0.25) is 0 Å². The first-order valence-electron chi connectivity index (χ1n) is 5.45. The van der Waals surface area contributed by atoms with Crippen molar-refractivity contribution in [1.82, 2.24) is 20.4 Å². The molecule has 106 valence electrons. The van der Waals surface area contributed by atoms with Crippen LogP contribution in [0.3, 0.4) is 0 Å². The molecule has 0 aliphatic carbocycles. The average molecular weight is 285 g/mol. The molecule has 6 nitrogen and oxygen atoms in total. The van der Waals surface area contributed by atoms with Gasteiger partial charge < -0.3 is 0 Å². The summed E-state index contributed by atoms with van der Waals surface area (Å²) < 4.78 is 39.1. The number of carbonyl (C=O) groups excluding carboxylic acids is 1. The average Bonchev–Trinajstić information content (AvgIpc) is 2.79. The fourth-order valence-corrected chi connectivity index (χ4v) is 1.67. The van der Waals surface area contributed by atoms with Crippen molar-refractivity contribution < 1.29 is 18.0 Å². The van der Waals surface area contributed by atoms with E-state index in [1.165, 1.54) is 19.1 Å². The lowest BCUT2D eigenvalue weighted by atomic mass is 10.2. The molecule has 9 heteroatoms. The summed E-state index contributed by atoms with van der Waals surface area (Å²) in [4.78, 5) is 11.4. The van der Waals surface area contributed by atoms with Gasteiger partial charge in [-0.2, -0.15) is 13.2 Å². The van der Waals surface area contributed by atoms with E-state index in [9.17, 15) is 18.0 Å². The Bertz CT molecular complexity index is 650. The lowest BCUT2D eigenvalue weighted by Gasteiger charge is -2.09. The summed E-state index contributed by atoms with van der Waals surface area (Å²) in [7, 11) is 0. The molecule has 1 heterocycles. The molecular weight excluding hydrogens is 275 g/mol. The molecule has 0 spiro atoms. The molecule has 1 aromatic heterocycles. The second-order valence-electron chi connectivity index (χ2n) is 3.96. The van der Waals surface area contributed by atoms with Gasteiger partial charge in [0.15, 0.2) is 5.69 Å². The number of benzene rings is 1. The fourth-order valence-electron chi connectivity index (χ4n) is 1.67. The molecule has 1 amide bonds. The van der Waals surface area contributed by atoms with Crippen molar-refractivity contribution in [3.05, 3.63) is 41.2 Å². The number of nitrogens with one attached hydrogen (secondary N) is 1. The molecule has 0 aliphatic heterocycles. The van der Waals surface area contributed by atoms with Crippen molar-refractivity contribution in [2.45, 2.75) is 13.1 Å². The number of hydrogen-bond donors (Lipinski definition) is 2. The first-order chi connectivity index (χ1) is 9.34. The third-order valence-electron chi connectivity index (χ3n) is 2.66. The van der Waals surface area contributed by atoms with E-state index in [0.29, 0.717) is 0 Å². The molecule has 2 aromatic rings. The highest BCUT2D eigenvalue weighted by atomic mass is 19.4. The van der Waals surface area contributed by atoms with Gasteiger partial charge in [-0.15, -0.1) is 5.10 Å². The van der Waals surface area contributed by atoms with E-state index in [-0.39, 0.29) is 17.1 Å². The van der Waals surface area contributed by atoms with Crippen LogP contribution in [0.25, 0.3) is 5.69 Å². The van der Waals surface area contributed by atoms with E-state index >= 15 is 0 Å². The molecular formula is C11H10F3N5O. The number of hydrazine groups is 1. The van der Waals surface area contributed by atoms with E-state index in [1.807, 2.05) is 5.43 Å². The normalized spacial score (nSPS) is 11.4. The largest absolute Gasteiger partial charge is 0.416 e. The molecule has 0 radical (unpaired) electrons. The summed E-state index contributed by atoms with van der Waals surface area (Å²) in [6.07, 6.45) is -4.46. The van der Waals surface area contributed by atoms with Crippen molar-refractivity contribution in [3.63, 3.8) is 0 Å². The molecule has 1 aromatic carbocycles. The number of nitrogens with two attached hydrogens (primary N) is 1. The van der Waals surface area contributed by atoms with E-state index in [0.717, 1.165) is 16.8 Å². The van der Waals surface area contributed by atoms with E-state index in [1.54, 1.807) is 0 Å². The van der Waals surface area contributed by atoms with Gasteiger partial charge in [0.1, 0.15) is 0 Å². The van der Waals surface area contributed by atoms with Gasteiger partial charge in [-0.3, -0.25) is 10.2 Å². The number of aromatic nitrogens is 3. The Morgan fingerprint density at radius 1 is 1.40 bits per heavy atom. The molecule has 0 aliphatic rings. The predicted molar refractivity (Wildman–Crippen MR) is 62.8 cm³/mol. The monoisotopic (exact) mass is 285 g/mol. The van der Waals surface area contributed by atoms with Crippen LogP contribution in [0.1, 0.15) is 21.7 Å². The van der Waals surface area contributed by atoms with E-state index in [4.69, 9.17) is 5.84 Å². The zero-order valence-corrected chi connectivity index (χ0v) is 10.3. The Morgan fingerprint density at radius 3 is 2.70 bits per heavy atom. The second kappa shape index (κ2) is 4.93. The minimum absolute atomic E-state index is 0.0510. The number of hydrogen-bond acceptors (Lipinski definition) is 4. The topological polar surface area (TPSA) is 85.8 Å². The minimum atomic E-state index is -4.46. The summed E-state index contributed by atoms with van der Waals surface area (Å²) in [6.45, 7) is 1.50. The number of amides is 1. The first kappa shape index (κ1) is 14.0. The summed E-state index contributed by atoms with van der Waals surface area (Å²) >= 11 is 0. The van der Waals surface area contributed by atoms with Crippen LogP contribution >= 0.6 is 0 Å². The van der Waals surface area contributed by atoms with Gasteiger partial charge in [0, 0.05) is 0 Å². The van der Waals surface area contributed by atoms with Crippen molar-refractivity contribution in [2.75, 3.05) is 0 Å². The zero-order valence-electron chi connectivity index (χ0n) is 10.3. The van der Waals surface area contributed by atoms with Crippen LogP contribution in [-0.4, -0.2) is 20.9 Å². The summed E-state index contributed by atoms with van der Waals surface area (Å²) in [6, 6.07) is 4.55. The van der Waals surface area contributed by atoms with E-state index < -0.39 is 17.6 Å². The van der Waals surface area contributed by atoms with Gasteiger partial charge in [-0.25, -0.2) is 10.5 Å². The van der Waals surface area contributed by atoms with Crippen LogP contribution in [0, 0.1) is 6.92 Å². The van der Waals surface area contributed by atoms with Crippen LogP contribution in [0.15, 0.2) is 24.3 Å². The van der Waals surface area contributed by atoms with Crippen molar-refractivity contribution in [3.8, 4) is 5.69 Å². The Labute approximate surface area is 111 Å². The minimum Gasteiger partial charge on any atom is -0.289 e. The van der Waals surface area contributed by atoms with Gasteiger partial charge in [0.05, 0.1) is 16.9 Å². The Morgan fingerprint density at radius 2 is 2.10 bits per heavy atom. The van der Waals surface area contributed by atoms with Gasteiger partial charge >= 0.3 is 6.18 Å².